The van der Waals surface area contributed by atoms with Crippen LogP contribution in [0, 0.1) is 5.92 Å². The first-order chi connectivity index (χ1) is 9.74. The summed E-state index contributed by atoms with van der Waals surface area (Å²) in [6.45, 7) is 0.713. The maximum Gasteiger partial charge on any atom is 0.255 e. The molecule has 3 rings (SSSR count). The molecule has 2 N–H and O–H groups in total. The van der Waals surface area contributed by atoms with Gasteiger partial charge in [-0.1, -0.05) is 37.1 Å². The third kappa shape index (κ3) is 2.62. The highest BCUT2D eigenvalue weighted by molar-refractivity contribution is 6.01. The van der Waals surface area contributed by atoms with Gasteiger partial charge in [0.15, 0.2) is 0 Å². The van der Waals surface area contributed by atoms with Crippen molar-refractivity contribution in [2.24, 2.45) is 5.92 Å². The summed E-state index contributed by atoms with van der Waals surface area (Å²) >= 11 is 0. The smallest absolute Gasteiger partial charge is 0.255 e. The van der Waals surface area contributed by atoms with E-state index in [0.29, 0.717) is 18.0 Å². The lowest BCUT2D eigenvalue weighted by molar-refractivity contribution is 0.0945. The van der Waals surface area contributed by atoms with Crippen LogP contribution in [0.5, 0.6) is 5.75 Å². The zero-order valence-corrected chi connectivity index (χ0v) is 11.4. The van der Waals surface area contributed by atoms with E-state index in [1.165, 1.54) is 25.7 Å². The lowest BCUT2D eigenvalue weighted by Crippen LogP contribution is -2.28. The Morgan fingerprint density at radius 1 is 1.15 bits per heavy atom. The molecule has 0 aromatic heterocycles. The first kappa shape index (κ1) is 13.0. The van der Waals surface area contributed by atoms with E-state index in [1.54, 1.807) is 12.1 Å². The lowest BCUT2D eigenvalue weighted by Gasteiger charge is -2.12. The second-order valence-corrected chi connectivity index (χ2v) is 5.58. The predicted octanol–water partition coefficient (Wildman–Crippen LogP) is 3.47. The van der Waals surface area contributed by atoms with Gasteiger partial charge in [-0.3, -0.25) is 4.79 Å². The number of hydrogen-bond donors (Lipinski definition) is 2. The van der Waals surface area contributed by atoms with Crippen molar-refractivity contribution in [3.05, 3.63) is 42.0 Å². The third-order valence-electron chi connectivity index (χ3n) is 4.13. The van der Waals surface area contributed by atoms with Gasteiger partial charge in [0.2, 0.25) is 0 Å². The van der Waals surface area contributed by atoms with Gasteiger partial charge in [-0.05, 0) is 41.7 Å². The summed E-state index contributed by atoms with van der Waals surface area (Å²) in [7, 11) is 0. The third-order valence-corrected chi connectivity index (χ3v) is 4.13. The van der Waals surface area contributed by atoms with Gasteiger partial charge >= 0.3 is 0 Å². The molecule has 0 spiro atoms. The van der Waals surface area contributed by atoms with E-state index >= 15 is 0 Å². The number of amides is 1. The second kappa shape index (κ2) is 5.53. The number of aromatic hydroxyl groups is 1. The van der Waals surface area contributed by atoms with Gasteiger partial charge in [0.1, 0.15) is 5.75 Å². The minimum absolute atomic E-state index is 0.0487. The number of hydrogen-bond acceptors (Lipinski definition) is 2. The summed E-state index contributed by atoms with van der Waals surface area (Å²) in [6, 6.07) is 11.1. The number of rotatable bonds is 3. The van der Waals surface area contributed by atoms with Crippen molar-refractivity contribution in [1.29, 1.82) is 0 Å². The summed E-state index contributed by atoms with van der Waals surface area (Å²) in [5.41, 5.74) is 0.363. The summed E-state index contributed by atoms with van der Waals surface area (Å²) in [4.78, 5) is 12.2. The molecular weight excluding hydrogens is 250 g/mol. The average Bonchev–Trinajstić information content (AvgIpc) is 2.97. The summed E-state index contributed by atoms with van der Waals surface area (Å²) in [5.74, 6) is 0.467. The van der Waals surface area contributed by atoms with E-state index < -0.39 is 0 Å². The number of carbonyl (C=O) groups excluding carboxylic acids is 1. The van der Waals surface area contributed by atoms with Crippen molar-refractivity contribution in [2.75, 3.05) is 6.54 Å². The van der Waals surface area contributed by atoms with Crippen molar-refractivity contribution in [3.63, 3.8) is 0 Å². The highest BCUT2D eigenvalue weighted by atomic mass is 16.3. The standard InChI is InChI=1S/C17H19NO2/c19-16-10-14-8-4-3-7-13(14)9-15(16)17(20)18-11-12-5-1-2-6-12/h3-4,7-10,12,19H,1-2,5-6,11H2,(H,18,20). The van der Waals surface area contributed by atoms with Gasteiger partial charge < -0.3 is 10.4 Å². The van der Waals surface area contributed by atoms with Crippen LogP contribution < -0.4 is 5.32 Å². The van der Waals surface area contributed by atoms with E-state index in [9.17, 15) is 9.90 Å². The Morgan fingerprint density at radius 2 is 1.80 bits per heavy atom. The second-order valence-electron chi connectivity index (χ2n) is 5.58. The number of phenols is 1. The molecule has 1 saturated carbocycles. The van der Waals surface area contributed by atoms with Crippen molar-refractivity contribution in [1.82, 2.24) is 5.32 Å². The predicted molar refractivity (Wildman–Crippen MR) is 79.9 cm³/mol. The van der Waals surface area contributed by atoms with Crippen LogP contribution in [0.15, 0.2) is 36.4 Å². The number of nitrogens with one attached hydrogen (secondary N) is 1. The SMILES string of the molecule is O=C(NCC1CCCC1)c1cc2ccccc2cc1O. The van der Waals surface area contributed by atoms with Crippen molar-refractivity contribution in [3.8, 4) is 5.75 Å². The van der Waals surface area contributed by atoms with Gasteiger partial charge in [-0.2, -0.15) is 0 Å². The minimum Gasteiger partial charge on any atom is -0.507 e. The molecule has 0 aliphatic heterocycles. The van der Waals surface area contributed by atoms with Crippen LogP contribution in [0.25, 0.3) is 10.8 Å². The van der Waals surface area contributed by atoms with Gasteiger partial charge in [0.25, 0.3) is 5.91 Å². The molecule has 2 aromatic carbocycles. The largest absolute Gasteiger partial charge is 0.507 e. The molecule has 1 aliphatic carbocycles. The van der Waals surface area contributed by atoms with Crippen LogP contribution in [-0.4, -0.2) is 17.6 Å². The van der Waals surface area contributed by atoms with Crippen LogP contribution in [-0.2, 0) is 0 Å². The summed E-state index contributed by atoms with van der Waals surface area (Å²) in [5, 5.41) is 14.9. The Morgan fingerprint density at radius 3 is 2.50 bits per heavy atom. The highest BCUT2D eigenvalue weighted by Crippen LogP contribution is 2.26. The fourth-order valence-corrected chi connectivity index (χ4v) is 2.96. The van der Waals surface area contributed by atoms with E-state index in [1.807, 2.05) is 24.3 Å². The molecule has 0 unspecified atom stereocenters. The Balaban J connectivity index is 1.77. The zero-order chi connectivity index (χ0) is 13.9. The van der Waals surface area contributed by atoms with Crippen LogP contribution in [0.2, 0.25) is 0 Å². The first-order valence-corrected chi connectivity index (χ1v) is 7.24. The van der Waals surface area contributed by atoms with E-state index in [2.05, 4.69) is 5.32 Å². The molecule has 0 radical (unpaired) electrons. The average molecular weight is 269 g/mol. The Labute approximate surface area is 118 Å². The Kier molecular flexibility index (Phi) is 3.59. The van der Waals surface area contributed by atoms with Crippen molar-refractivity contribution in [2.45, 2.75) is 25.7 Å². The maximum atomic E-state index is 12.2. The van der Waals surface area contributed by atoms with Gasteiger partial charge in [0.05, 0.1) is 5.56 Å². The Bertz CT molecular complexity index is 630. The quantitative estimate of drug-likeness (QED) is 0.896. The fraction of sp³-hybridized carbons (Fsp3) is 0.353. The number of benzene rings is 2. The molecule has 0 saturated heterocycles. The molecule has 20 heavy (non-hydrogen) atoms. The van der Waals surface area contributed by atoms with Crippen LogP contribution in [0.3, 0.4) is 0 Å². The van der Waals surface area contributed by atoms with Crippen LogP contribution >= 0.6 is 0 Å². The van der Waals surface area contributed by atoms with E-state index in [-0.39, 0.29) is 11.7 Å². The molecule has 0 bridgehead atoms. The molecule has 3 nitrogen and oxygen atoms in total. The zero-order valence-electron chi connectivity index (χ0n) is 11.4. The van der Waals surface area contributed by atoms with E-state index in [4.69, 9.17) is 0 Å². The molecule has 2 aromatic rings. The summed E-state index contributed by atoms with van der Waals surface area (Å²) in [6.07, 6.45) is 4.93. The molecule has 1 amide bonds. The Hall–Kier alpha value is -2.03. The highest BCUT2D eigenvalue weighted by Gasteiger charge is 2.17. The molecule has 104 valence electrons. The molecular formula is C17H19NO2. The first-order valence-electron chi connectivity index (χ1n) is 7.24. The molecule has 1 fully saturated rings. The van der Waals surface area contributed by atoms with Crippen LogP contribution in [0.4, 0.5) is 0 Å². The lowest BCUT2D eigenvalue weighted by atomic mass is 10.0. The minimum atomic E-state index is -0.180. The molecule has 3 heteroatoms. The topological polar surface area (TPSA) is 49.3 Å². The van der Waals surface area contributed by atoms with Crippen LogP contribution in [0.1, 0.15) is 36.0 Å². The number of fused-ring (bicyclic) bond motifs is 1. The number of carbonyl (C=O) groups is 1. The van der Waals surface area contributed by atoms with Crippen molar-refractivity contribution >= 4 is 16.7 Å². The monoisotopic (exact) mass is 269 g/mol. The van der Waals surface area contributed by atoms with Crippen molar-refractivity contribution < 1.29 is 9.90 Å². The summed E-state index contributed by atoms with van der Waals surface area (Å²) < 4.78 is 0. The van der Waals surface area contributed by atoms with Gasteiger partial charge in [0, 0.05) is 6.54 Å². The number of phenolic OH excluding ortho intramolecular Hbond substituents is 1. The van der Waals surface area contributed by atoms with Gasteiger partial charge in [-0.15, -0.1) is 0 Å². The van der Waals surface area contributed by atoms with E-state index in [0.717, 1.165) is 10.8 Å². The fourth-order valence-electron chi connectivity index (χ4n) is 2.96. The maximum absolute atomic E-state index is 12.2. The normalized spacial score (nSPS) is 15.6. The molecule has 1 aliphatic rings. The molecule has 0 atom stereocenters. The molecule has 0 heterocycles. The van der Waals surface area contributed by atoms with Gasteiger partial charge in [-0.25, -0.2) is 0 Å².